The summed E-state index contributed by atoms with van der Waals surface area (Å²) in [6.45, 7) is 2.79. The van der Waals surface area contributed by atoms with Crippen molar-refractivity contribution in [3.05, 3.63) is 0 Å². The molecular weight excluding hydrogens is 258 g/mol. The van der Waals surface area contributed by atoms with Crippen LogP contribution in [0.5, 0.6) is 0 Å². The number of halogens is 1. The van der Waals surface area contributed by atoms with Crippen LogP contribution in [0.2, 0.25) is 0 Å². The highest BCUT2D eigenvalue weighted by atomic mass is 35.5. The van der Waals surface area contributed by atoms with Crippen LogP contribution in [-0.2, 0) is 4.79 Å². The smallest absolute Gasteiger partial charge is 0.225 e. The lowest BCUT2D eigenvalue weighted by Crippen LogP contribution is -2.39. The fourth-order valence-electron chi connectivity index (χ4n) is 3.89. The van der Waals surface area contributed by atoms with Crippen molar-refractivity contribution in [3.8, 4) is 0 Å². The van der Waals surface area contributed by atoms with E-state index in [1.165, 1.54) is 32.1 Å². The van der Waals surface area contributed by atoms with E-state index >= 15 is 0 Å². The van der Waals surface area contributed by atoms with Gasteiger partial charge in [-0.1, -0.05) is 25.7 Å². The van der Waals surface area contributed by atoms with Crippen LogP contribution in [0.15, 0.2) is 0 Å². The molecule has 0 bridgehead atoms. The van der Waals surface area contributed by atoms with Crippen LogP contribution in [0.3, 0.4) is 0 Å². The topological polar surface area (TPSA) is 20.3 Å². The maximum Gasteiger partial charge on any atom is 0.225 e. The standard InChI is InChI=1S/C16H28ClNO/c1-12(17)9-10-18(2)16(19)15-8-7-13-5-3-4-6-14(13)11-15/h12-15H,3-11H2,1-2H3. The molecule has 0 aromatic rings. The fourth-order valence-corrected chi connectivity index (χ4v) is 3.99. The molecule has 2 rings (SSSR count). The zero-order chi connectivity index (χ0) is 13.8. The summed E-state index contributed by atoms with van der Waals surface area (Å²) < 4.78 is 0. The van der Waals surface area contributed by atoms with Crippen LogP contribution in [0.1, 0.15) is 58.3 Å². The third kappa shape index (κ3) is 4.11. The summed E-state index contributed by atoms with van der Waals surface area (Å²) in [4.78, 5) is 14.4. The summed E-state index contributed by atoms with van der Waals surface area (Å²) in [6, 6.07) is 0. The van der Waals surface area contributed by atoms with Crippen LogP contribution in [-0.4, -0.2) is 29.8 Å². The van der Waals surface area contributed by atoms with E-state index in [1.54, 1.807) is 0 Å². The Morgan fingerprint density at radius 2 is 1.89 bits per heavy atom. The SMILES string of the molecule is CC(Cl)CCN(C)C(=O)C1CCC2CCCCC2C1. The number of fused-ring (bicyclic) bond motifs is 1. The Bertz CT molecular complexity index is 305. The van der Waals surface area contributed by atoms with E-state index in [-0.39, 0.29) is 11.3 Å². The quantitative estimate of drug-likeness (QED) is 0.713. The minimum Gasteiger partial charge on any atom is -0.345 e. The number of alkyl halides is 1. The van der Waals surface area contributed by atoms with E-state index in [1.807, 2.05) is 18.9 Å². The lowest BCUT2D eigenvalue weighted by molar-refractivity contribution is -0.136. The summed E-state index contributed by atoms with van der Waals surface area (Å²) in [7, 11) is 1.94. The molecule has 19 heavy (non-hydrogen) atoms. The molecular formula is C16H28ClNO. The number of hydrogen-bond donors (Lipinski definition) is 0. The predicted molar refractivity (Wildman–Crippen MR) is 80.4 cm³/mol. The van der Waals surface area contributed by atoms with Crippen molar-refractivity contribution in [3.63, 3.8) is 0 Å². The largest absolute Gasteiger partial charge is 0.345 e. The highest BCUT2D eigenvalue weighted by Gasteiger charge is 2.35. The van der Waals surface area contributed by atoms with Gasteiger partial charge in [-0.05, 0) is 44.4 Å². The Labute approximate surface area is 122 Å². The van der Waals surface area contributed by atoms with E-state index in [4.69, 9.17) is 11.6 Å². The molecule has 0 radical (unpaired) electrons. The summed E-state index contributed by atoms with van der Waals surface area (Å²) in [6.07, 6.45) is 9.98. The van der Waals surface area contributed by atoms with Gasteiger partial charge in [-0.3, -0.25) is 4.79 Å². The number of rotatable bonds is 4. The first-order valence-corrected chi connectivity index (χ1v) is 8.40. The van der Waals surface area contributed by atoms with Gasteiger partial charge in [0.1, 0.15) is 0 Å². The second-order valence-electron chi connectivity index (χ2n) is 6.64. The monoisotopic (exact) mass is 285 g/mol. The molecule has 110 valence electrons. The molecule has 2 fully saturated rings. The minimum atomic E-state index is 0.157. The van der Waals surface area contributed by atoms with Crippen molar-refractivity contribution in [2.75, 3.05) is 13.6 Å². The van der Waals surface area contributed by atoms with Gasteiger partial charge in [0.05, 0.1) is 0 Å². The Kier molecular flexibility index (Phi) is 5.56. The van der Waals surface area contributed by atoms with Gasteiger partial charge < -0.3 is 4.90 Å². The summed E-state index contributed by atoms with van der Waals surface area (Å²) in [5.41, 5.74) is 0. The number of hydrogen-bond acceptors (Lipinski definition) is 1. The van der Waals surface area contributed by atoms with Crippen LogP contribution < -0.4 is 0 Å². The normalized spacial score (nSPS) is 32.5. The molecule has 0 aromatic carbocycles. The van der Waals surface area contributed by atoms with Crippen molar-refractivity contribution >= 4 is 17.5 Å². The van der Waals surface area contributed by atoms with Crippen molar-refractivity contribution in [2.24, 2.45) is 17.8 Å². The molecule has 0 spiro atoms. The first-order chi connectivity index (χ1) is 9.08. The lowest BCUT2D eigenvalue weighted by Gasteiger charge is -2.39. The molecule has 1 amide bonds. The fraction of sp³-hybridized carbons (Fsp3) is 0.938. The van der Waals surface area contributed by atoms with E-state index in [0.717, 1.165) is 37.6 Å². The van der Waals surface area contributed by atoms with E-state index in [9.17, 15) is 4.79 Å². The molecule has 4 unspecified atom stereocenters. The molecule has 2 saturated carbocycles. The molecule has 2 aliphatic rings. The van der Waals surface area contributed by atoms with Crippen LogP contribution in [0, 0.1) is 17.8 Å². The number of amides is 1. The van der Waals surface area contributed by atoms with Crippen molar-refractivity contribution in [2.45, 2.75) is 63.7 Å². The van der Waals surface area contributed by atoms with Gasteiger partial charge in [0.2, 0.25) is 5.91 Å². The highest BCUT2D eigenvalue weighted by molar-refractivity contribution is 6.20. The number of nitrogens with zero attached hydrogens (tertiary/aromatic N) is 1. The summed E-state index contributed by atoms with van der Waals surface area (Å²) >= 11 is 5.97. The van der Waals surface area contributed by atoms with E-state index < -0.39 is 0 Å². The summed E-state index contributed by atoms with van der Waals surface area (Å²) in [5, 5.41) is 0.157. The molecule has 3 heteroatoms. The molecule has 0 heterocycles. The molecule has 0 aromatic heterocycles. The average molecular weight is 286 g/mol. The van der Waals surface area contributed by atoms with E-state index in [2.05, 4.69) is 0 Å². The highest BCUT2D eigenvalue weighted by Crippen LogP contribution is 2.43. The second kappa shape index (κ2) is 6.97. The Balaban J connectivity index is 1.82. The molecule has 2 nitrogen and oxygen atoms in total. The maximum absolute atomic E-state index is 12.5. The average Bonchev–Trinajstić information content (AvgIpc) is 2.43. The molecule has 0 N–H and O–H groups in total. The Morgan fingerprint density at radius 1 is 1.21 bits per heavy atom. The minimum absolute atomic E-state index is 0.157. The second-order valence-corrected chi connectivity index (χ2v) is 7.39. The third-order valence-corrected chi connectivity index (χ3v) is 5.35. The van der Waals surface area contributed by atoms with Crippen molar-refractivity contribution in [1.29, 1.82) is 0 Å². The van der Waals surface area contributed by atoms with Gasteiger partial charge in [0.25, 0.3) is 0 Å². The zero-order valence-corrected chi connectivity index (χ0v) is 13.2. The zero-order valence-electron chi connectivity index (χ0n) is 12.4. The van der Waals surface area contributed by atoms with Gasteiger partial charge in [-0.15, -0.1) is 11.6 Å². The molecule has 0 saturated heterocycles. The molecule has 4 atom stereocenters. The molecule has 2 aliphatic carbocycles. The first kappa shape index (κ1) is 15.2. The van der Waals surface area contributed by atoms with Crippen LogP contribution in [0.4, 0.5) is 0 Å². The van der Waals surface area contributed by atoms with Gasteiger partial charge in [0.15, 0.2) is 0 Å². The van der Waals surface area contributed by atoms with Crippen molar-refractivity contribution in [1.82, 2.24) is 4.90 Å². The van der Waals surface area contributed by atoms with Gasteiger partial charge in [0, 0.05) is 24.9 Å². The maximum atomic E-state index is 12.5. The van der Waals surface area contributed by atoms with E-state index in [0.29, 0.717) is 5.91 Å². The van der Waals surface area contributed by atoms with Crippen molar-refractivity contribution < 1.29 is 4.79 Å². The van der Waals surface area contributed by atoms with Crippen LogP contribution in [0.25, 0.3) is 0 Å². The number of carbonyl (C=O) groups excluding carboxylic acids is 1. The van der Waals surface area contributed by atoms with Gasteiger partial charge >= 0.3 is 0 Å². The van der Waals surface area contributed by atoms with Gasteiger partial charge in [-0.2, -0.15) is 0 Å². The summed E-state index contributed by atoms with van der Waals surface area (Å²) in [5.74, 6) is 2.40. The Morgan fingerprint density at radius 3 is 2.58 bits per heavy atom. The van der Waals surface area contributed by atoms with Gasteiger partial charge in [-0.25, -0.2) is 0 Å². The lowest BCUT2D eigenvalue weighted by atomic mass is 9.67. The molecule has 0 aliphatic heterocycles. The predicted octanol–water partition coefficient (Wildman–Crippen LogP) is 4.07. The Hall–Kier alpha value is -0.240. The third-order valence-electron chi connectivity index (χ3n) is 5.13. The van der Waals surface area contributed by atoms with Crippen LogP contribution >= 0.6 is 11.6 Å². The number of carbonyl (C=O) groups is 1. The first-order valence-electron chi connectivity index (χ1n) is 7.97.